The Morgan fingerprint density at radius 2 is 1.87 bits per heavy atom. The largest absolute Gasteiger partial charge is 0.459 e. The molecule has 1 N–H and O–H groups in total. The molecule has 2 atom stereocenters. The molecule has 2 unspecified atom stereocenters. The van der Waals surface area contributed by atoms with Gasteiger partial charge in [0.1, 0.15) is 6.10 Å². The minimum absolute atomic E-state index is 0.0406. The molecule has 0 aliphatic heterocycles. The molecule has 1 aliphatic rings. The first kappa shape index (κ1) is 19.2. The number of Topliss-reactive ketones (excluding diaryl/α,β-unsaturated/α-hetero) is 1. The molecule has 0 heterocycles. The van der Waals surface area contributed by atoms with Gasteiger partial charge in [0.05, 0.1) is 12.5 Å². The van der Waals surface area contributed by atoms with Crippen molar-refractivity contribution in [3.8, 4) is 0 Å². The lowest BCUT2D eigenvalue weighted by atomic mass is 9.89. The van der Waals surface area contributed by atoms with Crippen molar-refractivity contribution in [2.45, 2.75) is 57.6 Å². The summed E-state index contributed by atoms with van der Waals surface area (Å²) >= 11 is 0. The smallest absolute Gasteiger partial charge is 0.309 e. The predicted octanol–water partition coefficient (Wildman–Crippen LogP) is 2.70. The molecule has 0 aromatic rings. The van der Waals surface area contributed by atoms with Crippen molar-refractivity contribution in [1.29, 1.82) is 0 Å². The average molecular weight is 323 g/mol. The number of aliphatic hydroxyl groups is 1. The third-order valence-corrected chi connectivity index (χ3v) is 4.11. The van der Waals surface area contributed by atoms with Gasteiger partial charge in [-0.25, -0.2) is 0 Å². The van der Waals surface area contributed by atoms with Crippen LogP contribution >= 0.6 is 0 Å². The summed E-state index contributed by atoms with van der Waals surface area (Å²) in [5.74, 6) is -0.930. The molecular formula is C17H25NO5. The van der Waals surface area contributed by atoms with Gasteiger partial charge in [0.25, 0.3) is 0 Å². The van der Waals surface area contributed by atoms with E-state index in [9.17, 15) is 19.6 Å². The van der Waals surface area contributed by atoms with E-state index in [-0.39, 0.29) is 23.7 Å². The summed E-state index contributed by atoms with van der Waals surface area (Å²) in [5, 5.41) is 12.1. The molecule has 6 heteroatoms. The van der Waals surface area contributed by atoms with Gasteiger partial charge in [-0.1, -0.05) is 37.6 Å². The maximum absolute atomic E-state index is 12.3. The zero-order valence-corrected chi connectivity index (χ0v) is 13.6. The normalized spacial score (nSPS) is 17.8. The maximum atomic E-state index is 12.3. The Morgan fingerprint density at radius 1 is 1.26 bits per heavy atom. The minimum Gasteiger partial charge on any atom is -0.459 e. The van der Waals surface area contributed by atoms with Gasteiger partial charge in [0.2, 0.25) is 0 Å². The van der Waals surface area contributed by atoms with E-state index in [4.69, 9.17) is 4.74 Å². The fourth-order valence-electron chi connectivity index (χ4n) is 2.70. The number of carbonyl (C=O) groups is 2. The van der Waals surface area contributed by atoms with Crippen LogP contribution in [0.15, 0.2) is 29.5 Å². The second-order valence-corrected chi connectivity index (χ2v) is 6.08. The van der Waals surface area contributed by atoms with E-state index in [1.807, 2.05) is 0 Å². The zero-order chi connectivity index (χ0) is 17.4. The summed E-state index contributed by atoms with van der Waals surface area (Å²) in [6.45, 7) is 8.21. The molecule has 0 radical (unpaired) electrons. The summed E-state index contributed by atoms with van der Waals surface area (Å²) < 4.78 is 5.40. The molecule has 128 valence electrons. The molecule has 1 rings (SSSR count). The molecule has 1 saturated carbocycles. The summed E-state index contributed by atoms with van der Waals surface area (Å²) in [6.07, 6.45) is 3.54. The number of nitrogens with zero attached hydrogens (tertiary/aromatic N) is 1. The van der Waals surface area contributed by atoms with E-state index in [1.165, 1.54) is 0 Å². The molecule has 0 aromatic carbocycles. The highest BCUT2D eigenvalue weighted by molar-refractivity contribution is 6.06. The van der Waals surface area contributed by atoms with Crippen molar-refractivity contribution in [2.24, 2.45) is 11.1 Å². The van der Waals surface area contributed by atoms with E-state index < -0.39 is 24.7 Å². The molecule has 0 saturated heterocycles. The number of ether oxygens (including phenoxy) is 1. The Bertz CT molecular complexity index is 479. The third kappa shape index (κ3) is 5.71. The zero-order valence-electron chi connectivity index (χ0n) is 13.6. The Morgan fingerprint density at radius 3 is 2.35 bits per heavy atom. The van der Waals surface area contributed by atoms with Crippen molar-refractivity contribution < 1.29 is 19.4 Å². The van der Waals surface area contributed by atoms with Gasteiger partial charge in [-0.05, 0) is 30.9 Å². The van der Waals surface area contributed by atoms with Gasteiger partial charge in [-0.2, -0.15) is 4.91 Å². The van der Waals surface area contributed by atoms with Crippen LogP contribution in [0.5, 0.6) is 0 Å². The number of hydrogen-bond donors (Lipinski definition) is 1. The maximum Gasteiger partial charge on any atom is 0.309 e. The van der Waals surface area contributed by atoms with Gasteiger partial charge in [-0.15, -0.1) is 0 Å². The summed E-state index contributed by atoms with van der Waals surface area (Å²) in [4.78, 5) is 35.0. The van der Waals surface area contributed by atoms with E-state index in [0.717, 1.165) is 32.1 Å². The van der Waals surface area contributed by atoms with Crippen molar-refractivity contribution in [2.75, 3.05) is 6.61 Å². The topological polar surface area (TPSA) is 93.0 Å². The fraction of sp³-hybridized carbons (Fsp3) is 0.647. The number of nitroso groups, excluding NO2 is 1. The highest BCUT2D eigenvalue weighted by atomic mass is 16.5. The van der Waals surface area contributed by atoms with Gasteiger partial charge in [-0.3, -0.25) is 9.59 Å². The summed E-state index contributed by atoms with van der Waals surface area (Å²) in [6, 6.07) is -1.11. The number of carbonyl (C=O) groups excluding carboxylic acids is 2. The number of aliphatic hydroxyl groups excluding tert-OH is 1. The van der Waals surface area contributed by atoms with E-state index in [1.54, 1.807) is 6.92 Å². The average Bonchev–Trinajstić information content (AvgIpc) is 2.55. The molecule has 0 amide bonds. The van der Waals surface area contributed by atoms with Crippen LogP contribution in [0.3, 0.4) is 0 Å². The quantitative estimate of drug-likeness (QED) is 0.400. The van der Waals surface area contributed by atoms with Crippen LogP contribution < -0.4 is 0 Å². The number of rotatable bonds is 9. The van der Waals surface area contributed by atoms with Crippen molar-refractivity contribution >= 4 is 11.8 Å². The number of esters is 1. The highest BCUT2D eigenvalue weighted by Crippen LogP contribution is 2.26. The van der Waals surface area contributed by atoms with Gasteiger partial charge in [0, 0.05) is 6.42 Å². The summed E-state index contributed by atoms with van der Waals surface area (Å²) in [5.41, 5.74) is 0.494. The lowest BCUT2D eigenvalue weighted by Gasteiger charge is -2.26. The second-order valence-electron chi connectivity index (χ2n) is 6.08. The van der Waals surface area contributed by atoms with Crippen LogP contribution in [0.25, 0.3) is 0 Å². The molecule has 0 aromatic heterocycles. The third-order valence-electron chi connectivity index (χ3n) is 4.11. The number of ketones is 1. The molecule has 1 fully saturated rings. The molecule has 6 nitrogen and oxygen atoms in total. The standard InChI is InChI=1S/C17H25NO5/c1-11(2)16(20)12(3)9-15(14(10-19)18-22)23-17(21)13-7-5-4-6-8-13/h13-15,19H,1,3-10H2,2H3. The Balaban J connectivity index is 2.77. The fourth-order valence-corrected chi connectivity index (χ4v) is 2.70. The van der Waals surface area contributed by atoms with Crippen molar-refractivity contribution in [3.63, 3.8) is 0 Å². The van der Waals surface area contributed by atoms with Crippen molar-refractivity contribution in [3.05, 3.63) is 29.2 Å². The monoisotopic (exact) mass is 323 g/mol. The van der Waals surface area contributed by atoms with Crippen LogP contribution in [-0.4, -0.2) is 35.6 Å². The Hall–Kier alpha value is -1.82. The summed E-state index contributed by atoms with van der Waals surface area (Å²) in [7, 11) is 0. The SMILES string of the molecule is C=C(C)C(=O)C(=C)CC(OC(=O)C1CCCCC1)C(CO)N=O. The molecule has 0 bridgehead atoms. The van der Waals surface area contributed by atoms with Crippen LogP contribution in [-0.2, 0) is 14.3 Å². The van der Waals surface area contributed by atoms with E-state index in [0.29, 0.717) is 5.57 Å². The van der Waals surface area contributed by atoms with Crippen LogP contribution in [0, 0.1) is 10.8 Å². The van der Waals surface area contributed by atoms with Crippen molar-refractivity contribution in [1.82, 2.24) is 0 Å². The van der Waals surface area contributed by atoms with E-state index >= 15 is 0 Å². The first-order valence-corrected chi connectivity index (χ1v) is 7.92. The van der Waals surface area contributed by atoms with Gasteiger partial charge in [0.15, 0.2) is 11.8 Å². The lowest BCUT2D eigenvalue weighted by molar-refractivity contribution is -0.156. The molecule has 23 heavy (non-hydrogen) atoms. The Kier molecular flexibility index (Phi) is 7.81. The molecule has 0 spiro atoms. The number of hydrogen-bond acceptors (Lipinski definition) is 6. The Labute approximate surface area is 136 Å². The predicted molar refractivity (Wildman–Crippen MR) is 86.7 cm³/mol. The number of allylic oxidation sites excluding steroid dienone is 1. The molecule has 1 aliphatic carbocycles. The molecular weight excluding hydrogens is 298 g/mol. The first-order chi connectivity index (χ1) is 10.9. The van der Waals surface area contributed by atoms with E-state index in [2.05, 4.69) is 18.3 Å². The van der Waals surface area contributed by atoms with Gasteiger partial charge < -0.3 is 9.84 Å². The second kappa shape index (κ2) is 9.35. The minimum atomic E-state index is -1.11. The highest BCUT2D eigenvalue weighted by Gasteiger charge is 2.31. The first-order valence-electron chi connectivity index (χ1n) is 7.92. The lowest BCUT2D eigenvalue weighted by Crippen LogP contribution is -2.36. The van der Waals surface area contributed by atoms with Gasteiger partial charge >= 0.3 is 5.97 Å². The van der Waals surface area contributed by atoms with Crippen LogP contribution in [0.2, 0.25) is 0 Å². The van der Waals surface area contributed by atoms with Crippen LogP contribution in [0.1, 0.15) is 45.4 Å². The van der Waals surface area contributed by atoms with Crippen LogP contribution in [0.4, 0.5) is 0 Å².